The highest BCUT2D eigenvalue weighted by Crippen LogP contribution is 2.53. The smallest absolute Gasteiger partial charge is 0.0678 e. The Hall–Kier alpha value is -0.120. The van der Waals surface area contributed by atoms with Crippen LogP contribution < -0.4 is 5.73 Å². The molecule has 0 aromatic rings. The third-order valence-corrected chi connectivity index (χ3v) is 5.35. The van der Waals surface area contributed by atoms with Crippen LogP contribution in [0, 0.1) is 11.8 Å². The maximum Gasteiger partial charge on any atom is 0.0678 e. The van der Waals surface area contributed by atoms with Gasteiger partial charge in [-0.15, -0.1) is 0 Å². The van der Waals surface area contributed by atoms with Crippen LogP contribution in [0.25, 0.3) is 0 Å². The van der Waals surface area contributed by atoms with E-state index in [0.29, 0.717) is 17.7 Å². The van der Waals surface area contributed by atoms with E-state index in [4.69, 9.17) is 10.5 Å². The second-order valence-electron chi connectivity index (χ2n) is 6.55. The summed E-state index contributed by atoms with van der Waals surface area (Å²) in [4.78, 5) is 2.68. The predicted molar refractivity (Wildman–Crippen MR) is 68.8 cm³/mol. The summed E-state index contributed by atoms with van der Waals surface area (Å²) < 4.78 is 5.86. The van der Waals surface area contributed by atoms with Crippen LogP contribution in [0.5, 0.6) is 0 Å². The Balaban J connectivity index is 1.81. The van der Waals surface area contributed by atoms with Crippen molar-refractivity contribution in [3.63, 3.8) is 0 Å². The van der Waals surface area contributed by atoms with E-state index < -0.39 is 0 Å². The molecule has 2 saturated carbocycles. The molecular formula is C14H26N2O. The molecule has 2 bridgehead atoms. The number of rotatable bonds is 2. The molecule has 3 heteroatoms. The molecule has 2 N–H and O–H groups in total. The first kappa shape index (κ1) is 11.9. The van der Waals surface area contributed by atoms with Gasteiger partial charge >= 0.3 is 0 Å². The Morgan fingerprint density at radius 3 is 2.41 bits per heavy atom. The minimum Gasteiger partial charge on any atom is -0.373 e. The molecule has 98 valence electrons. The largest absolute Gasteiger partial charge is 0.373 e. The molecule has 0 spiro atoms. The lowest BCUT2D eigenvalue weighted by Gasteiger charge is -2.50. The van der Waals surface area contributed by atoms with Gasteiger partial charge in [-0.3, -0.25) is 4.90 Å². The molecule has 1 saturated heterocycles. The average Bonchev–Trinajstić information content (AvgIpc) is 2.87. The summed E-state index contributed by atoms with van der Waals surface area (Å²) >= 11 is 0. The molecule has 0 aromatic heterocycles. The fourth-order valence-corrected chi connectivity index (χ4v) is 4.72. The van der Waals surface area contributed by atoms with Crippen molar-refractivity contribution in [1.29, 1.82) is 0 Å². The molecule has 1 aliphatic heterocycles. The average molecular weight is 238 g/mol. The van der Waals surface area contributed by atoms with Crippen LogP contribution in [-0.2, 0) is 4.74 Å². The number of morpholine rings is 1. The number of hydrogen-bond donors (Lipinski definition) is 1. The quantitative estimate of drug-likeness (QED) is 0.794. The normalized spacial score (nSPS) is 51.0. The van der Waals surface area contributed by atoms with Gasteiger partial charge in [0, 0.05) is 25.2 Å². The minimum atomic E-state index is 0.315. The fraction of sp³-hybridized carbons (Fsp3) is 1.00. The summed E-state index contributed by atoms with van der Waals surface area (Å²) in [5.74, 6) is 1.81. The monoisotopic (exact) mass is 238 g/mol. The lowest BCUT2D eigenvalue weighted by Crippen LogP contribution is -2.62. The van der Waals surface area contributed by atoms with Crippen molar-refractivity contribution in [3.05, 3.63) is 0 Å². The van der Waals surface area contributed by atoms with Gasteiger partial charge in [0.05, 0.1) is 12.2 Å². The van der Waals surface area contributed by atoms with Gasteiger partial charge in [0.2, 0.25) is 0 Å². The minimum absolute atomic E-state index is 0.315. The zero-order valence-electron chi connectivity index (χ0n) is 11.2. The lowest BCUT2D eigenvalue weighted by atomic mass is 9.78. The summed E-state index contributed by atoms with van der Waals surface area (Å²) in [6.45, 7) is 7.38. The SMILES string of the molecule is C[C@@H]1CN(C2(CN)CC3CCC2C3)C[C@H](C)O1. The van der Waals surface area contributed by atoms with E-state index >= 15 is 0 Å². The van der Waals surface area contributed by atoms with Crippen molar-refractivity contribution in [3.8, 4) is 0 Å². The maximum absolute atomic E-state index is 6.19. The molecule has 3 nitrogen and oxygen atoms in total. The van der Waals surface area contributed by atoms with Gasteiger partial charge in [-0.2, -0.15) is 0 Å². The molecule has 3 aliphatic rings. The van der Waals surface area contributed by atoms with Crippen LogP contribution >= 0.6 is 0 Å². The van der Waals surface area contributed by atoms with Gasteiger partial charge in [0.1, 0.15) is 0 Å². The lowest BCUT2D eigenvalue weighted by molar-refractivity contribution is -0.112. The van der Waals surface area contributed by atoms with E-state index in [9.17, 15) is 0 Å². The van der Waals surface area contributed by atoms with Crippen molar-refractivity contribution >= 4 is 0 Å². The molecule has 0 aromatic carbocycles. The number of nitrogens with two attached hydrogens (primary N) is 1. The van der Waals surface area contributed by atoms with Gasteiger partial charge in [-0.1, -0.05) is 6.42 Å². The summed E-state index contributed by atoms with van der Waals surface area (Å²) in [7, 11) is 0. The molecule has 3 unspecified atom stereocenters. The first-order valence-corrected chi connectivity index (χ1v) is 7.24. The summed E-state index contributed by atoms with van der Waals surface area (Å²) in [5, 5.41) is 0. The van der Waals surface area contributed by atoms with Crippen molar-refractivity contribution in [2.24, 2.45) is 17.6 Å². The van der Waals surface area contributed by atoms with E-state index in [1.807, 2.05) is 0 Å². The van der Waals surface area contributed by atoms with Crippen molar-refractivity contribution in [2.45, 2.75) is 57.3 Å². The summed E-state index contributed by atoms with van der Waals surface area (Å²) in [6.07, 6.45) is 6.34. The molecule has 0 amide bonds. The second-order valence-corrected chi connectivity index (χ2v) is 6.55. The summed E-state index contributed by atoms with van der Waals surface area (Å²) in [5.41, 5.74) is 6.51. The highest BCUT2D eigenvalue weighted by molar-refractivity contribution is 5.09. The van der Waals surface area contributed by atoms with Crippen molar-refractivity contribution in [2.75, 3.05) is 19.6 Å². The van der Waals surface area contributed by atoms with Crippen molar-refractivity contribution < 1.29 is 4.74 Å². The first-order valence-electron chi connectivity index (χ1n) is 7.24. The first-order chi connectivity index (χ1) is 8.14. The number of hydrogen-bond acceptors (Lipinski definition) is 3. The van der Waals surface area contributed by atoms with Crippen LogP contribution in [0.1, 0.15) is 39.5 Å². The standard InChI is InChI=1S/C14H26N2O/c1-10-7-16(8-11(2)17-10)14(9-15)6-12-3-4-13(14)5-12/h10-13H,3-9,15H2,1-2H3/t10-,11+,12?,13?,14?. The molecule has 1 heterocycles. The van der Waals surface area contributed by atoms with Crippen LogP contribution in [0.15, 0.2) is 0 Å². The highest BCUT2D eigenvalue weighted by Gasteiger charge is 2.54. The van der Waals surface area contributed by atoms with Gasteiger partial charge in [-0.25, -0.2) is 0 Å². The Morgan fingerprint density at radius 2 is 1.94 bits per heavy atom. The van der Waals surface area contributed by atoms with Crippen LogP contribution in [0.3, 0.4) is 0 Å². The number of fused-ring (bicyclic) bond motifs is 2. The molecule has 3 fully saturated rings. The second kappa shape index (κ2) is 4.22. The Bertz CT molecular complexity index is 286. The third kappa shape index (κ3) is 1.83. The van der Waals surface area contributed by atoms with Gasteiger partial charge in [0.25, 0.3) is 0 Å². The third-order valence-electron chi connectivity index (χ3n) is 5.35. The van der Waals surface area contributed by atoms with Crippen LogP contribution in [-0.4, -0.2) is 42.3 Å². The molecule has 2 aliphatic carbocycles. The zero-order valence-corrected chi connectivity index (χ0v) is 11.2. The molecular weight excluding hydrogens is 212 g/mol. The Kier molecular flexibility index (Phi) is 2.96. The summed E-state index contributed by atoms with van der Waals surface area (Å²) in [6, 6.07) is 0. The van der Waals surface area contributed by atoms with Crippen LogP contribution in [0.2, 0.25) is 0 Å². The van der Waals surface area contributed by atoms with Gasteiger partial charge in [-0.05, 0) is 44.9 Å². The highest BCUT2D eigenvalue weighted by atomic mass is 16.5. The number of nitrogens with zero attached hydrogens (tertiary/aromatic N) is 1. The van der Waals surface area contributed by atoms with Crippen molar-refractivity contribution in [1.82, 2.24) is 4.90 Å². The topological polar surface area (TPSA) is 38.5 Å². The van der Waals surface area contributed by atoms with Gasteiger partial charge < -0.3 is 10.5 Å². The molecule has 0 radical (unpaired) electrons. The Labute approximate surface area is 105 Å². The van der Waals surface area contributed by atoms with E-state index in [0.717, 1.165) is 31.5 Å². The zero-order chi connectivity index (χ0) is 12.0. The fourth-order valence-electron chi connectivity index (χ4n) is 4.72. The Morgan fingerprint density at radius 1 is 1.24 bits per heavy atom. The molecule has 5 atom stereocenters. The molecule has 3 rings (SSSR count). The van der Waals surface area contributed by atoms with E-state index in [2.05, 4.69) is 18.7 Å². The van der Waals surface area contributed by atoms with Crippen LogP contribution in [0.4, 0.5) is 0 Å². The number of ether oxygens (including phenoxy) is 1. The van der Waals surface area contributed by atoms with Gasteiger partial charge in [0.15, 0.2) is 0 Å². The maximum atomic E-state index is 6.19. The molecule has 17 heavy (non-hydrogen) atoms. The predicted octanol–water partition coefficient (Wildman–Crippen LogP) is 1.61. The van der Waals surface area contributed by atoms with E-state index in [-0.39, 0.29) is 0 Å². The van der Waals surface area contributed by atoms with E-state index in [1.54, 1.807) is 0 Å². The van der Waals surface area contributed by atoms with E-state index in [1.165, 1.54) is 25.7 Å².